The number of aryl methyl sites for hydroxylation is 1. The van der Waals surface area contributed by atoms with E-state index in [2.05, 4.69) is 11.6 Å². The molecule has 12 heteroatoms. The van der Waals surface area contributed by atoms with Gasteiger partial charge in [0.2, 0.25) is 0 Å². The molecule has 39 heavy (non-hydrogen) atoms. The summed E-state index contributed by atoms with van der Waals surface area (Å²) in [5.74, 6) is -2.52. The van der Waals surface area contributed by atoms with Gasteiger partial charge in [0, 0.05) is 17.7 Å². The molecule has 0 bridgehead atoms. The third-order valence-electron chi connectivity index (χ3n) is 5.81. The largest absolute Gasteiger partial charge is 0.507 e. The van der Waals surface area contributed by atoms with Crippen LogP contribution in [-0.4, -0.2) is 45.9 Å². The van der Waals surface area contributed by atoms with Crippen molar-refractivity contribution in [1.29, 1.82) is 0 Å². The Morgan fingerprint density at radius 3 is 2.46 bits per heavy atom. The van der Waals surface area contributed by atoms with Crippen LogP contribution in [0.3, 0.4) is 0 Å². The SMILES string of the molecule is C=CCOC(=O)c1sc(N2C(=O)C(=O)/C(=C(\O)c3ccc(OCC)cc3)C2c2ccc([N+](=O)[O-])cc2)nc1C. The molecule has 2 aromatic carbocycles. The van der Waals surface area contributed by atoms with Gasteiger partial charge in [-0.1, -0.05) is 24.0 Å². The zero-order valence-corrected chi connectivity index (χ0v) is 21.8. The first-order valence-corrected chi connectivity index (χ1v) is 12.5. The number of esters is 1. The lowest BCUT2D eigenvalue weighted by molar-refractivity contribution is -0.384. The first kappa shape index (κ1) is 27.2. The number of rotatable bonds is 9. The van der Waals surface area contributed by atoms with Crippen LogP contribution in [0.2, 0.25) is 0 Å². The van der Waals surface area contributed by atoms with E-state index in [1.165, 1.54) is 30.3 Å². The van der Waals surface area contributed by atoms with Crippen molar-refractivity contribution in [1.82, 2.24) is 4.98 Å². The monoisotopic (exact) mass is 549 g/mol. The maximum atomic E-state index is 13.4. The highest BCUT2D eigenvalue weighted by Crippen LogP contribution is 2.44. The number of anilines is 1. The molecular formula is C27H23N3O8S. The number of amides is 1. The number of nitro groups is 1. The molecule has 2 heterocycles. The summed E-state index contributed by atoms with van der Waals surface area (Å²) in [6, 6.07) is 10.4. The van der Waals surface area contributed by atoms with Gasteiger partial charge in [-0.05, 0) is 55.8 Å². The fourth-order valence-electron chi connectivity index (χ4n) is 4.03. The number of carbonyl (C=O) groups is 3. The van der Waals surface area contributed by atoms with E-state index in [-0.39, 0.29) is 39.1 Å². The van der Waals surface area contributed by atoms with Crippen molar-refractivity contribution in [3.63, 3.8) is 0 Å². The Labute approximate surface area is 226 Å². The normalized spacial score (nSPS) is 16.3. The molecule has 1 amide bonds. The van der Waals surface area contributed by atoms with Gasteiger partial charge < -0.3 is 14.6 Å². The molecule has 1 N–H and O–H groups in total. The Morgan fingerprint density at radius 2 is 1.87 bits per heavy atom. The summed E-state index contributed by atoms with van der Waals surface area (Å²) in [7, 11) is 0. The van der Waals surface area contributed by atoms with Gasteiger partial charge in [0.05, 0.1) is 28.8 Å². The fourth-order valence-corrected chi connectivity index (χ4v) is 5.02. The Kier molecular flexibility index (Phi) is 7.86. The second-order valence-electron chi connectivity index (χ2n) is 8.27. The highest BCUT2D eigenvalue weighted by atomic mass is 32.1. The number of hydrogen-bond acceptors (Lipinski definition) is 10. The van der Waals surface area contributed by atoms with Crippen LogP contribution in [0.15, 0.2) is 66.8 Å². The highest BCUT2D eigenvalue weighted by Gasteiger charge is 2.48. The maximum Gasteiger partial charge on any atom is 0.350 e. The van der Waals surface area contributed by atoms with Gasteiger partial charge >= 0.3 is 11.9 Å². The van der Waals surface area contributed by atoms with E-state index in [0.717, 1.165) is 16.2 Å². The number of ether oxygens (including phenoxy) is 2. The Balaban J connectivity index is 1.86. The van der Waals surface area contributed by atoms with E-state index >= 15 is 0 Å². The second-order valence-corrected chi connectivity index (χ2v) is 9.25. The van der Waals surface area contributed by atoms with E-state index < -0.39 is 34.4 Å². The number of nitro benzene ring substituents is 1. The topological polar surface area (TPSA) is 149 Å². The first-order valence-electron chi connectivity index (χ1n) is 11.7. The number of aromatic nitrogens is 1. The minimum Gasteiger partial charge on any atom is -0.507 e. The van der Waals surface area contributed by atoms with Gasteiger partial charge in [0.25, 0.3) is 11.5 Å². The highest BCUT2D eigenvalue weighted by molar-refractivity contribution is 7.17. The number of Topliss-reactive ketones (excluding diaryl/α,β-unsaturated/α-hetero) is 1. The molecule has 11 nitrogen and oxygen atoms in total. The lowest BCUT2D eigenvalue weighted by atomic mass is 9.95. The van der Waals surface area contributed by atoms with Crippen molar-refractivity contribution in [2.45, 2.75) is 19.9 Å². The van der Waals surface area contributed by atoms with Crippen molar-refractivity contribution < 1.29 is 33.9 Å². The molecule has 0 radical (unpaired) electrons. The molecule has 3 aromatic rings. The Hall–Kier alpha value is -4.84. The zero-order valence-electron chi connectivity index (χ0n) is 20.9. The lowest BCUT2D eigenvalue weighted by Gasteiger charge is -2.23. The number of hydrogen-bond donors (Lipinski definition) is 1. The Morgan fingerprint density at radius 1 is 1.21 bits per heavy atom. The number of benzene rings is 2. The first-order chi connectivity index (χ1) is 18.7. The van der Waals surface area contributed by atoms with Crippen molar-refractivity contribution >= 4 is 45.6 Å². The number of aliphatic hydroxyl groups is 1. The molecule has 0 aliphatic carbocycles. The summed E-state index contributed by atoms with van der Waals surface area (Å²) in [5.41, 5.74) is 0.421. The molecule has 4 rings (SSSR count). The average Bonchev–Trinajstić information content (AvgIpc) is 3.44. The van der Waals surface area contributed by atoms with E-state index in [4.69, 9.17) is 9.47 Å². The van der Waals surface area contributed by atoms with Crippen LogP contribution < -0.4 is 9.64 Å². The minimum atomic E-state index is -1.18. The minimum absolute atomic E-state index is 0.0225. The van der Waals surface area contributed by atoms with Crippen molar-refractivity contribution in [3.05, 3.63) is 98.6 Å². The molecule has 1 aromatic heterocycles. The molecule has 1 saturated heterocycles. The predicted octanol–water partition coefficient (Wildman–Crippen LogP) is 4.73. The smallest absolute Gasteiger partial charge is 0.350 e. The van der Waals surface area contributed by atoms with Gasteiger partial charge in [0.15, 0.2) is 5.13 Å². The van der Waals surface area contributed by atoms with Gasteiger partial charge in [-0.15, -0.1) is 0 Å². The average molecular weight is 550 g/mol. The van der Waals surface area contributed by atoms with Crippen LogP contribution in [-0.2, 0) is 14.3 Å². The van der Waals surface area contributed by atoms with Crippen LogP contribution in [0.4, 0.5) is 10.8 Å². The summed E-state index contributed by atoms with van der Waals surface area (Å²) < 4.78 is 10.5. The van der Waals surface area contributed by atoms with Crippen LogP contribution in [0.1, 0.15) is 39.5 Å². The van der Waals surface area contributed by atoms with Gasteiger partial charge in [-0.3, -0.25) is 24.6 Å². The fraction of sp³-hybridized carbons (Fsp3) is 0.185. The number of ketones is 1. The maximum absolute atomic E-state index is 13.4. The summed E-state index contributed by atoms with van der Waals surface area (Å²) in [6.45, 7) is 7.29. The van der Waals surface area contributed by atoms with Crippen molar-refractivity contribution in [2.75, 3.05) is 18.1 Å². The number of aliphatic hydroxyl groups excluding tert-OH is 1. The van der Waals surface area contributed by atoms with E-state index in [1.807, 2.05) is 6.92 Å². The van der Waals surface area contributed by atoms with Crippen LogP contribution >= 0.6 is 11.3 Å². The quantitative estimate of drug-likeness (QED) is 0.0760. The summed E-state index contributed by atoms with van der Waals surface area (Å²) >= 11 is 0.848. The van der Waals surface area contributed by atoms with Crippen LogP contribution in [0.25, 0.3) is 5.76 Å². The number of non-ortho nitro benzene ring substituents is 1. The third kappa shape index (κ3) is 5.27. The standard InChI is InChI=1S/C27H23N3O8S/c1-4-14-38-26(34)24-15(3)28-27(39-24)29-21(16-6-10-18(11-7-16)30(35)36)20(23(32)25(29)33)22(31)17-8-12-19(13-9-17)37-5-2/h4,6-13,21,31H,1,5,14H2,2-3H3/b22-20-. The molecule has 1 aliphatic rings. The van der Waals surface area contributed by atoms with Gasteiger partial charge in [-0.25, -0.2) is 9.78 Å². The zero-order chi connectivity index (χ0) is 28.3. The summed E-state index contributed by atoms with van der Waals surface area (Å²) in [4.78, 5) is 55.3. The lowest BCUT2D eigenvalue weighted by Crippen LogP contribution is -2.29. The van der Waals surface area contributed by atoms with Crippen molar-refractivity contribution in [2.24, 2.45) is 0 Å². The van der Waals surface area contributed by atoms with Gasteiger partial charge in [-0.2, -0.15) is 0 Å². The molecular weight excluding hydrogens is 526 g/mol. The van der Waals surface area contributed by atoms with Crippen molar-refractivity contribution in [3.8, 4) is 5.75 Å². The van der Waals surface area contributed by atoms with E-state index in [1.54, 1.807) is 31.2 Å². The summed E-state index contributed by atoms with van der Waals surface area (Å²) in [5, 5.41) is 22.5. The summed E-state index contributed by atoms with van der Waals surface area (Å²) in [6.07, 6.45) is 1.41. The molecule has 1 atom stereocenters. The van der Waals surface area contributed by atoms with E-state index in [0.29, 0.717) is 17.9 Å². The second kappa shape index (κ2) is 11.3. The number of nitrogens with zero attached hydrogens (tertiary/aromatic N) is 3. The Bertz CT molecular complexity index is 1490. The molecule has 0 spiro atoms. The predicted molar refractivity (Wildman–Crippen MR) is 143 cm³/mol. The molecule has 1 unspecified atom stereocenters. The number of thiazole rings is 1. The van der Waals surface area contributed by atoms with Gasteiger partial charge in [0.1, 0.15) is 23.0 Å². The molecule has 1 aliphatic heterocycles. The third-order valence-corrected chi connectivity index (χ3v) is 6.95. The number of carbonyl (C=O) groups excluding carboxylic acids is 3. The molecule has 0 saturated carbocycles. The van der Waals surface area contributed by atoms with Crippen LogP contribution in [0.5, 0.6) is 5.75 Å². The molecule has 200 valence electrons. The molecule has 1 fully saturated rings. The van der Waals surface area contributed by atoms with Crippen LogP contribution in [0, 0.1) is 17.0 Å². The van der Waals surface area contributed by atoms with E-state index in [9.17, 15) is 29.6 Å².